The molecule has 0 saturated carbocycles. The van der Waals surface area contributed by atoms with Crippen LogP contribution in [-0.4, -0.2) is 43.0 Å². The van der Waals surface area contributed by atoms with E-state index in [4.69, 9.17) is 16.3 Å². The minimum atomic E-state index is -0.581. The van der Waals surface area contributed by atoms with Gasteiger partial charge in [0.1, 0.15) is 6.04 Å². The molecule has 2 rings (SSSR count). The summed E-state index contributed by atoms with van der Waals surface area (Å²) in [5.41, 5.74) is 1.84. The van der Waals surface area contributed by atoms with E-state index in [1.54, 1.807) is 31.1 Å². The second kappa shape index (κ2) is 11.5. The highest BCUT2D eigenvalue weighted by molar-refractivity contribution is 6.30. The van der Waals surface area contributed by atoms with E-state index in [1.165, 1.54) is 0 Å². The van der Waals surface area contributed by atoms with Gasteiger partial charge < -0.3 is 15.0 Å². The Labute approximate surface area is 171 Å². The molecule has 28 heavy (non-hydrogen) atoms. The normalized spacial score (nSPS) is 11.7. The van der Waals surface area contributed by atoms with Gasteiger partial charge >= 0.3 is 0 Å². The second-order valence-corrected chi connectivity index (χ2v) is 7.06. The van der Waals surface area contributed by atoms with Gasteiger partial charge in [-0.2, -0.15) is 0 Å². The summed E-state index contributed by atoms with van der Waals surface area (Å²) >= 11 is 5.92. The molecule has 0 spiro atoms. The van der Waals surface area contributed by atoms with Gasteiger partial charge in [-0.15, -0.1) is 0 Å². The topological polar surface area (TPSA) is 58.6 Å². The number of nitrogens with zero attached hydrogens (tertiary/aromatic N) is 1. The average molecular weight is 403 g/mol. The fourth-order valence-electron chi connectivity index (χ4n) is 2.82. The number of ether oxygens (including phenoxy) is 1. The fourth-order valence-corrected chi connectivity index (χ4v) is 2.94. The molecule has 0 radical (unpaired) electrons. The van der Waals surface area contributed by atoms with Crippen molar-refractivity contribution in [2.24, 2.45) is 0 Å². The van der Waals surface area contributed by atoms with E-state index in [0.29, 0.717) is 24.7 Å². The van der Waals surface area contributed by atoms with E-state index >= 15 is 0 Å². The molecule has 2 amide bonds. The van der Waals surface area contributed by atoms with E-state index in [-0.39, 0.29) is 18.2 Å². The van der Waals surface area contributed by atoms with Crippen LogP contribution in [0.15, 0.2) is 54.6 Å². The third kappa shape index (κ3) is 6.98. The van der Waals surface area contributed by atoms with Crippen molar-refractivity contribution in [3.05, 3.63) is 70.7 Å². The highest BCUT2D eigenvalue weighted by Crippen LogP contribution is 2.14. The molecule has 6 heteroatoms. The van der Waals surface area contributed by atoms with Crippen molar-refractivity contribution in [1.82, 2.24) is 10.2 Å². The molecule has 0 aliphatic rings. The molecular formula is C22H27ClN2O3. The van der Waals surface area contributed by atoms with Gasteiger partial charge in [0.25, 0.3) is 0 Å². The number of methoxy groups -OCH3 is 1. The van der Waals surface area contributed by atoms with Crippen LogP contribution in [0, 0.1) is 0 Å². The minimum Gasteiger partial charge on any atom is -0.385 e. The van der Waals surface area contributed by atoms with Crippen LogP contribution in [0.3, 0.4) is 0 Å². The number of carbonyl (C=O) groups excluding carboxylic acids is 2. The number of carbonyl (C=O) groups is 2. The highest BCUT2D eigenvalue weighted by atomic mass is 35.5. The predicted molar refractivity (Wildman–Crippen MR) is 111 cm³/mol. The van der Waals surface area contributed by atoms with Gasteiger partial charge in [-0.1, -0.05) is 54.1 Å². The quantitative estimate of drug-likeness (QED) is 0.619. The van der Waals surface area contributed by atoms with E-state index in [2.05, 4.69) is 5.32 Å². The zero-order chi connectivity index (χ0) is 20.4. The van der Waals surface area contributed by atoms with Crippen molar-refractivity contribution >= 4 is 23.4 Å². The number of rotatable bonds is 10. The molecule has 0 bridgehead atoms. The molecule has 2 aromatic carbocycles. The summed E-state index contributed by atoms with van der Waals surface area (Å²) in [5, 5.41) is 3.51. The summed E-state index contributed by atoms with van der Waals surface area (Å²) in [6, 6.07) is 16.3. The maximum absolute atomic E-state index is 13.0. The summed E-state index contributed by atoms with van der Waals surface area (Å²) in [4.78, 5) is 27.2. The van der Waals surface area contributed by atoms with Gasteiger partial charge in [0.2, 0.25) is 11.8 Å². The third-order valence-electron chi connectivity index (χ3n) is 4.46. The maximum Gasteiger partial charge on any atom is 0.242 e. The van der Waals surface area contributed by atoms with Crippen LogP contribution in [0.1, 0.15) is 24.5 Å². The standard InChI is InChI=1S/C22H27ClN2O3/c1-17(22(27)24-13-6-14-28-2)25(16-19-7-4-3-5-8-19)21(26)15-18-9-11-20(23)12-10-18/h3-5,7-12,17H,6,13-16H2,1-2H3,(H,24,27)/t17-/m0/s1. The van der Waals surface area contributed by atoms with Crippen LogP contribution in [-0.2, 0) is 27.3 Å². The first-order valence-electron chi connectivity index (χ1n) is 9.35. The van der Waals surface area contributed by atoms with Gasteiger partial charge in [-0.25, -0.2) is 0 Å². The van der Waals surface area contributed by atoms with Crippen LogP contribution in [0.5, 0.6) is 0 Å². The lowest BCUT2D eigenvalue weighted by molar-refractivity contribution is -0.140. The van der Waals surface area contributed by atoms with Crippen molar-refractivity contribution < 1.29 is 14.3 Å². The summed E-state index contributed by atoms with van der Waals surface area (Å²) in [6.07, 6.45) is 0.942. The van der Waals surface area contributed by atoms with E-state index in [1.807, 2.05) is 42.5 Å². The van der Waals surface area contributed by atoms with Gasteiger partial charge in [-0.05, 0) is 36.6 Å². The van der Waals surface area contributed by atoms with E-state index < -0.39 is 6.04 Å². The van der Waals surface area contributed by atoms with E-state index in [9.17, 15) is 9.59 Å². The fraction of sp³-hybridized carbons (Fsp3) is 0.364. The summed E-state index contributed by atoms with van der Waals surface area (Å²) in [6.45, 7) is 3.23. The Kier molecular flexibility index (Phi) is 8.98. The first-order valence-corrected chi connectivity index (χ1v) is 9.73. The number of halogens is 1. The molecule has 0 fully saturated rings. The lowest BCUT2D eigenvalue weighted by atomic mass is 10.1. The molecule has 5 nitrogen and oxygen atoms in total. The van der Waals surface area contributed by atoms with Gasteiger partial charge in [0.05, 0.1) is 6.42 Å². The smallest absolute Gasteiger partial charge is 0.242 e. The van der Waals surface area contributed by atoms with Crippen LogP contribution in [0.4, 0.5) is 0 Å². The molecule has 1 N–H and O–H groups in total. The first-order chi connectivity index (χ1) is 13.5. The van der Waals surface area contributed by atoms with Gasteiger partial charge in [-0.3, -0.25) is 9.59 Å². The van der Waals surface area contributed by atoms with Crippen LogP contribution < -0.4 is 5.32 Å². The molecule has 0 saturated heterocycles. The van der Waals surface area contributed by atoms with Crippen molar-refractivity contribution in [3.63, 3.8) is 0 Å². The lowest BCUT2D eigenvalue weighted by Gasteiger charge is -2.29. The van der Waals surface area contributed by atoms with Gasteiger partial charge in [0.15, 0.2) is 0 Å². The van der Waals surface area contributed by atoms with Gasteiger partial charge in [0, 0.05) is 31.8 Å². The molecular weight excluding hydrogens is 376 g/mol. The number of amides is 2. The Hall–Kier alpha value is -2.37. The summed E-state index contributed by atoms with van der Waals surface area (Å²) in [5.74, 6) is -0.276. The Morgan fingerprint density at radius 1 is 1.07 bits per heavy atom. The molecule has 0 aliphatic heterocycles. The molecule has 0 aromatic heterocycles. The van der Waals surface area contributed by atoms with E-state index in [0.717, 1.165) is 17.5 Å². The number of benzene rings is 2. The minimum absolute atomic E-state index is 0.106. The Morgan fingerprint density at radius 2 is 1.75 bits per heavy atom. The lowest BCUT2D eigenvalue weighted by Crippen LogP contribution is -2.48. The predicted octanol–water partition coefficient (Wildman–Crippen LogP) is 3.45. The van der Waals surface area contributed by atoms with Crippen LogP contribution in [0.25, 0.3) is 0 Å². The Bertz CT molecular complexity index is 750. The average Bonchev–Trinajstić information content (AvgIpc) is 2.71. The second-order valence-electron chi connectivity index (χ2n) is 6.62. The molecule has 2 aromatic rings. The zero-order valence-corrected chi connectivity index (χ0v) is 17.1. The number of hydrogen-bond acceptors (Lipinski definition) is 3. The Balaban J connectivity index is 2.09. The van der Waals surface area contributed by atoms with Crippen molar-refractivity contribution in [2.75, 3.05) is 20.3 Å². The first kappa shape index (κ1) is 21.9. The molecule has 0 unspecified atom stereocenters. The summed E-state index contributed by atoms with van der Waals surface area (Å²) < 4.78 is 5.00. The zero-order valence-electron chi connectivity index (χ0n) is 16.4. The Morgan fingerprint density at radius 3 is 2.39 bits per heavy atom. The van der Waals surface area contributed by atoms with Crippen molar-refractivity contribution in [3.8, 4) is 0 Å². The molecule has 0 aliphatic carbocycles. The summed E-state index contributed by atoms with van der Waals surface area (Å²) in [7, 11) is 1.63. The largest absolute Gasteiger partial charge is 0.385 e. The molecule has 1 atom stereocenters. The highest BCUT2D eigenvalue weighted by Gasteiger charge is 2.26. The third-order valence-corrected chi connectivity index (χ3v) is 4.71. The monoisotopic (exact) mass is 402 g/mol. The van der Waals surface area contributed by atoms with Crippen molar-refractivity contribution in [1.29, 1.82) is 0 Å². The molecule has 0 heterocycles. The number of nitrogens with one attached hydrogen (secondary N) is 1. The molecule has 150 valence electrons. The number of hydrogen-bond donors (Lipinski definition) is 1. The van der Waals surface area contributed by atoms with Crippen molar-refractivity contribution in [2.45, 2.75) is 32.4 Å². The van der Waals surface area contributed by atoms with Crippen LogP contribution >= 0.6 is 11.6 Å². The maximum atomic E-state index is 13.0. The SMILES string of the molecule is COCCCNC(=O)[C@H](C)N(Cc1ccccc1)C(=O)Cc1ccc(Cl)cc1. The van der Waals surface area contributed by atoms with Crippen LogP contribution in [0.2, 0.25) is 5.02 Å².